The van der Waals surface area contributed by atoms with Crippen molar-refractivity contribution in [2.45, 2.75) is 19.8 Å². The monoisotopic (exact) mass is 190 g/mol. The standard InChI is InChI=1S/C8H18NO.HNO2/c1-3-10-8-9(2)6-4-5-7-9;2-1-3/h3-8H2,1-2H3;(H,2,3)/q+1;/p-1. The van der Waals surface area contributed by atoms with Crippen LogP contribution >= 0.6 is 0 Å². The Morgan fingerprint density at radius 2 is 1.92 bits per heavy atom. The summed E-state index contributed by atoms with van der Waals surface area (Å²) in [6.45, 7) is 6.44. The highest BCUT2D eigenvalue weighted by molar-refractivity contribution is 4.48. The minimum atomic E-state index is 0.855. The molecule has 5 heteroatoms. The molecule has 0 saturated carbocycles. The molecular weight excluding hydrogens is 172 g/mol. The minimum Gasteiger partial charge on any atom is -0.444 e. The van der Waals surface area contributed by atoms with Gasteiger partial charge in [-0.05, 0) is 6.92 Å². The van der Waals surface area contributed by atoms with Gasteiger partial charge < -0.3 is 19.3 Å². The minimum absolute atomic E-state index is 0.855. The van der Waals surface area contributed by atoms with Crippen molar-refractivity contribution in [1.82, 2.24) is 0 Å². The quantitative estimate of drug-likeness (QED) is 0.384. The lowest BCUT2D eigenvalue weighted by molar-refractivity contribution is -0.916. The second kappa shape index (κ2) is 6.80. The van der Waals surface area contributed by atoms with Crippen LogP contribution in [0.1, 0.15) is 19.8 Å². The Kier molecular flexibility index (Phi) is 6.44. The number of hydrogen-bond acceptors (Lipinski definition) is 4. The molecule has 5 nitrogen and oxygen atoms in total. The lowest BCUT2D eigenvalue weighted by Crippen LogP contribution is -2.42. The maximum atomic E-state index is 8.00. The lowest BCUT2D eigenvalue weighted by atomic mass is 10.4. The Morgan fingerprint density at radius 1 is 1.46 bits per heavy atom. The Labute approximate surface area is 78.8 Å². The molecule has 13 heavy (non-hydrogen) atoms. The second-order valence-electron chi connectivity index (χ2n) is 3.47. The summed E-state index contributed by atoms with van der Waals surface area (Å²) >= 11 is 0. The zero-order chi connectivity index (χ0) is 10.2. The van der Waals surface area contributed by atoms with Crippen LogP contribution in [0.2, 0.25) is 0 Å². The third-order valence-corrected chi connectivity index (χ3v) is 2.25. The first-order valence-corrected chi connectivity index (χ1v) is 4.55. The molecule has 0 amide bonds. The molecule has 0 aromatic heterocycles. The van der Waals surface area contributed by atoms with Crippen LogP contribution in [0.4, 0.5) is 0 Å². The normalized spacial score (nSPS) is 18.9. The van der Waals surface area contributed by atoms with Gasteiger partial charge in [-0.3, -0.25) is 0 Å². The molecule has 0 aromatic carbocycles. The van der Waals surface area contributed by atoms with E-state index in [1.165, 1.54) is 25.9 Å². The Hall–Kier alpha value is -0.680. The van der Waals surface area contributed by atoms with Crippen LogP contribution in [-0.2, 0) is 4.74 Å². The van der Waals surface area contributed by atoms with Crippen molar-refractivity contribution < 1.29 is 9.22 Å². The van der Waals surface area contributed by atoms with Crippen molar-refractivity contribution in [3.8, 4) is 0 Å². The third kappa shape index (κ3) is 5.54. The summed E-state index contributed by atoms with van der Waals surface area (Å²) < 4.78 is 6.53. The van der Waals surface area contributed by atoms with E-state index in [4.69, 9.17) is 14.9 Å². The fourth-order valence-corrected chi connectivity index (χ4v) is 1.54. The van der Waals surface area contributed by atoms with Gasteiger partial charge in [0.25, 0.3) is 0 Å². The average Bonchev–Trinajstić information content (AvgIpc) is 2.51. The van der Waals surface area contributed by atoms with E-state index in [0.29, 0.717) is 0 Å². The molecular formula is C8H18N2O3. The molecule has 0 atom stereocenters. The van der Waals surface area contributed by atoms with E-state index >= 15 is 0 Å². The van der Waals surface area contributed by atoms with E-state index in [9.17, 15) is 0 Å². The molecule has 0 unspecified atom stereocenters. The van der Waals surface area contributed by atoms with Crippen molar-refractivity contribution in [3.05, 3.63) is 10.1 Å². The predicted octanol–water partition coefficient (Wildman–Crippen LogP) is 1.47. The van der Waals surface area contributed by atoms with Gasteiger partial charge in [-0.2, -0.15) is 0 Å². The fraction of sp³-hybridized carbons (Fsp3) is 1.00. The number of nitrogens with zero attached hydrogens (tertiary/aromatic N) is 2. The van der Waals surface area contributed by atoms with Crippen LogP contribution in [0.15, 0.2) is 5.34 Å². The number of hydrogen-bond donors (Lipinski definition) is 0. The van der Waals surface area contributed by atoms with E-state index in [1.807, 2.05) is 0 Å². The van der Waals surface area contributed by atoms with E-state index in [0.717, 1.165) is 23.2 Å². The number of likely N-dealkylation sites (tertiary alicyclic amines) is 1. The molecule has 1 fully saturated rings. The average molecular weight is 190 g/mol. The Balaban J connectivity index is 0.000000424. The zero-order valence-electron chi connectivity index (χ0n) is 8.36. The molecule has 0 radical (unpaired) electrons. The van der Waals surface area contributed by atoms with Gasteiger partial charge >= 0.3 is 0 Å². The number of rotatable bonds is 3. The van der Waals surface area contributed by atoms with E-state index in [1.54, 1.807) is 0 Å². The summed E-state index contributed by atoms with van der Waals surface area (Å²) in [5.74, 6) is 0. The molecule has 1 heterocycles. The van der Waals surface area contributed by atoms with Crippen molar-refractivity contribution in [1.29, 1.82) is 0 Å². The van der Waals surface area contributed by atoms with E-state index in [-0.39, 0.29) is 0 Å². The molecule has 0 bridgehead atoms. The predicted molar refractivity (Wildman–Crippen MR) is 50.8 cm³/mol. The highest BCUT2D eigenvalue weighted by Crippen LogP contribution is 2.15. The van der Waals surface area contributed by atoms with Gasteiger partial charge in [0.1, 0.15) is 0 Å². The highest BCUT2D eigenvalue weighted by Gasteiger charge is 2.26. The molecule has 78 valence electrons. The molecule has 1 aliphatic heterocycles. The smallest absolute Gasteiger partial charge is 0.182 e. The summed E-state index contributed by atoms with van der Waals surface area (Å²) in [6, 6.07) is 0. The van der Waals surface area contributed by atoms with Crippen molar-refractivity contribution in [2.24, 2.45) is 5.34 Å². The summed E-state index contributed by atoms with van der Waals surface area (Å²) in [7, 11) is 2.28. The Morgan fingerprint density at radius 3 is 2.31 bits per heavy atom. The summed E-state index contributed by atoms with van der Waals surface area (Å²) in [4.78, 5) is 8.00. The van der Waals surface area contributed by atoms with Crippen LogP contribution in [-0.4, -0.2) is 38.0 Å². The fourth-order valence-electron chi connectivity index (χ4n) is 1.54. The summed E-state index contributed by atoms with van der Waals surface area (Å²) in [5.41, 5.74) is 0. The molecule has 1 aliphatic rings. The zero-order valence-corrected chi connectivity index (χ0v) is 8.36. The van der Waals surface area contributed by atoms with Crippen molar-refractivity contribution >= 4 is 0 Å². The van der Waals surface area contributed by atoms with Crippen LogP contribution in [0.25, 0.3) is 0 Å². The molecule has 0 N–H and O–H groups in total. The van der Waals surface area contributed by atoms with Gasteiger partial charge in [-0.25, -0.2) is 0 Å². The number of quaternary nitrogens is 1. The van der Waals surface area contributed by atoms with Gasteiger partial charge in [-0.1, -0.05) is 0 Å². The SMILES string of the molecule is CCOC[N+]1(C)CCCC1.O=N[O-]. The first-order valence-electron chi connectivity index (χ1n) is 4.55. The van der Waals surface area contributed by atoms with Gasteiger partial charge in [0.15, 0.2) is 6.73 Å². The van der Waals surface area contributed by atoms with Gasteiger partial charge in [0, 0.05) is 19.4 Å². The van der Waals surface area contributed by atoms with Crippen LogP contribution in [0.5, 0.6) is 0 Å². The molecule has 0 aliphatic carbocycles. The third-order valence-electron chi connectivity index (χ3n) is 2.25. The summed E-state index contributed by atoms with van der Waals surface area (Å²) in [6.07, 6.45) is 2.76. The molecule has 0 aromatic rings. The van der Waals surface area contributed by atoms with Crippen molar-refractivity contribution in [2.75, 3.05) is 33.5 Å². The largest absolute Gasteiger partial charge is 0.444 e. The van der Waals surface area contributed by atoms with Crippen LogP contribution < -0.4 is 0 Å². The maximum Gasteiger partial charge on any atom is 0.182 e. The molecule has 1 rings (SSSR count). The maximum absolute atomic E-state index is 8.00. The van der Waals surface area contributed by atoms with E-state index < -0.39 is 0 Å². The second-order valence-corrected chi connectivity index (χ2v) is 3.47. The Bertz CT molecular complexity index is 135. The molecule has 1 saturated heterocycles. The highest BCUT2D eigenvalue weighted by atomic mass is 16.6. The van der Waals surface area contributed by atoms with E-state index in [2.05, 4.69) is 14.0 Å². The van der Waals surface area contributed by atoms with Gasteiger partial charge in [0.05, 0.1) is 20.1 Å². The van der Waals surface area contributed by atoms with Crippen LogP contribution in [0, 0.1) is 10.1 Å². The van der Waals surface area contributed by atoms with Gasteiger partial charge in [0.2, 0.25) is 0 Å². The first kappa shape index (κ1) is 12.3. The first-order chi connectivity index (χ1) is 6.18. The molecule has 0 spiro atoms. The lowest BCUT2D eigenvalue weighted by Gasteiger charge is -2.27. The topological polar surface area (TPSA) is 61.7 Å². The van der Waals surface area contributed by atoms with Gasteiger partial charge in [-0.15, -0.1) is 5.34 Å². The van der Waals surface area contributed by atoms with Crippen LogP contribution in [0.3, 0.4) is 0 Å². The summed E-state index contributed by atoms with van der Waals surface area (Å²) in [5, 5.41) is 9.00. The van der Waals surface area contributed by atoms with Crippen molar-refractivity contribution in [3.63, 3.8) is 0 Å². The number of ether oxygens (including phenoxy) is 1.